The molecule has 2 aliphatic rings. The Balaban J connectivity index is 1.43. The molecule has 2 aliphatic heterocycles. The SMILES string of the molecule is C=NC[C@@H]1CN(c2nc3cc([C@@H]4CCCCN4C(=O)c4cc(C(F)(F)F)ccn4)nn3cc2C)C[C@@H]1O. The predicted octanol–water partition coefficient (Wildman–Crippen LogP) is 3.32. The largest absolute Gasteiger partial charge is 0.416 e. The van der Waals surface area contributed by atoms with E-state index in [2.05, 4.69) is 21.8 Å². The number of aromatic nitrogens is 4. The van der Waals surface area contributed by atoms with Crippen molar-refractivity contribution in [1.82, 2.24) is 24.5 Å². The molecule has 0 aliphatic carbocycles. The zero-order chi connectivity index (χ0) is 26.3. The number of aliphatic hydroxyl groups excluding tert-OH is 1. The number of pyridine rings is 1. The smallest absolute Gasteiger partial charge is 0.391 e. The van der Waals surface area contributed by atoms with Crippen LogP contribution < -0.4 is 4.90 Å². The molecule has 5 heterocycles. The Hall–Kier alpha value is -3.54. The van der Waals surface area contributed by atoms with Gasteiger partial charge in [-0.05, 0) is 45.0 Å². The highest BCUT2D eigenvalue weighted by Crippen LogP contribution is 2.34. The zero-order valence-electron chi connectivity index (χ0n) is 20.4. The molecular weight excluding hydrogens is 487 g/mol. The number of carbonyl (C=O) groups excluding carboxylic acids is 1. The molecule has 0 bridgehead atoms. The van der Waals surface area contributed by atoms with Gasteiger partial charge in [0.15, 0.2) is 5.65 Å². The number of fused-ring (bicyclic) bond motifs is 1. The second-order valence-electron chi connectivity index (χ2n) is 9.70. The average molecular weight is 516 g/mol. The molecule has 9 nitrogen and oxygen atoms in total. The minimum Gasteiger partial charge on any atom is -0.391 e. The van der Waals surface area contributed by atoms with E-state index in [1.165, 1.54) is 0 Å². The van der Waals surface area contributed by atoms with Gasteiger partial charge < -0.3 is 19.9 Å². The van der Waals surface area contributed by atoms with Crippen LogP contribution in [0.5, 0.6) is 0 Å². The lowest BCUT2D eigenvalue weighted by Gasteiger charge is -2.34. The third kappa shape index (κ3) is 4.89. The molecule has 0 spiro atoms. The van der Waals surface area contributed by atoms with Crippen LogP contribution in [0.2, 0.25) is 0 Å². The van der Waals surface area contributed by atoms with Crippen molar-refractivity contribution < 1.29 is 23.1 Å². The fourth-order valence-corrected chi connectivity index (χ4v) is 5.23. The highest BCUT2D eigenvalue weighted by molar-refractivity contribution is 5.92. The van der Waals surface area contributed by atoms with Gasteiger partial charge >= 0.3 is 6.18 Å². The van der Waals surface area contributed by atoms with Crippen molar-refractivity contribution >= 4 is 24.1 Å². The third-order valence-electron chi connectivity index (χ3n) is 7.11. The number of aryl methyl sites for hydroxylation is 1. The van der Waals surface area contributed by atoms with E-state index < -0.39 is 29.8 Å². The summed E-state index contributed by atoms with van der Waals surface area (Å²) in [5.74, 6) is 0.182. The van der Waals surface area contributed by atoms with Gasteiger partial charge in [-0.3, -0.25) is 9.78 Å². The summed E-state index contributed by atoms with van der Waals surface area (Å²) in [6.07, 6.45) is 0.0311. The first-order chi connectivity index (χ1) is 17.7. The average Bonchev–Trinajstić information content (AvgIpc) is 3.45. The summed E-state index contributed by atoms with van der Waals surface area (Å²) >= 11 is 0. The van der Waals surface area contributed by atoms with E-state index in [4.69, 9.17) is 4.98 Å². The molecule has 1 N–H and O–H groups in total. The standard InChI is InChI=1S/C25H28F3N7O2/c1-15-12-35-22(31-23(15)33-13-16(11-29-2)21(36)14-33)10-18(32-35)20-5-3-4-8-34(20)24(37)19-9-17(6-7-30-19)25(26,27)28/h6-7,9-10,12,16,20-21,36H,2-5,8,11,13-14H2,1H3/t16-,20+,21+/m1/s1. The molecule has 2 saturated heterocycles. The van der Waals surface area contributed by atoms with Crippen LogP contribution >= 0.6 is 0 Å². The van der Waals surface area contributed by atoms with E-state index in [1.54, 1.807) is 9.42 Å². The number of alkyl halides is 3. The quantitative estimate of drug-likeness (QED) is 0.524. The maximum absolute atomic E-state index is 13.3. The lowest BCUT2D eigenvalue weighted by molar-refractivity contribution is -0.137. The van der Waals surface area contributed by atoms with Crippen molar-refractivity contribution in [2.24, 2.45) is 10.9 Å². The molecule has 2 fully saturated rings. The van der Waals surface area contributed by atoms with Crippen LogP contribution in [0.1, 0.15) is 52.6 Å². The Morgan fingerprint density at radius 2 is 2.08 bits per heavy atom. The van der Waals surface area contributed by atoms with Gasteiger partial charge in [0.2, 0.25) is 0 Å². The summed E-state index contributed by atoms with van der Waals surface area (Å²) in [6, 6.07) is 3.07. The molecular formula is C25H28F3N7O2. The van der Waals surface area contributed by atoms with Crippen molar-refractivity contribution in [2.45, 2.75) is 44.5 Å². The first-order valence-corrected chi connectivity index (χ1v) is 12.2. The van der Waals surface area contributed by atoms with Crippen LogP contribution in [0.15, 0.2) is 35.6 Å². The number of likely N-dealkylation sites (tertiary alicyclic amines) is 1. The molecule has 5 rings (SSSR count). The van der Waals surface area contributed by atoms with Crippen molar-refractivity contribution in [3.05, 3.63) is 53.1 Å². The van der Waals surface area contributed by atoms with E-state index in [-0.39, 0.29) is 11.6 Å². The van der Waals surface area contributed by atoms with Crippen molar-refractivity contribution in [2.75, 3.05) is 31.1 Å². The van der Waals surface area contributed by atoms with Gasteiger partial charge in [-0.25, -0.2) is 9.50 Å². The first-order valence-electron chi connectivity index (χ1n) is 12.2. The van der Waals surface area contributed by atoms with E-state index in [0.29, 0.717) is 43.9 Å². The second kappa shape index (κ2) is 9.73. The number of halogens is 3. The predicted molar refractivity (Wildman–Crippen MR) is 131 cm³/mol. The molecule has 0 saturated carbocycles. The number of β-amino-alcohol motifs (C(OH)–C–C–N with tert-alkyl or cyclic N) is 1. The van der Waals surface area contributed by atoms with Crippen LogP contribution in [0.3, 0.4) is 0 Å². The fourth-order valence-electron chi connectivity index (χ4n) is 5.23. The molecule has 0 radical (unpaired) electrons. The van der Waals surface area contributed by atoms with E-state index in [9.17, 15) is 23.1 Å². The molecule has 3 atom stereocenters. The highest BCUT2D eigenvalue weighted by Gasteiger charge is 2.35. The summed E-state index contributed by atoms with van der Waals surface area (Å²) in [7, 11) is 0. The molecule has 3 aromatic heterocycles. The van der Waals surface area contributed by atoms with Crippen LogP contribution in [-0.2, 0) is 6.18 Å². The van der Waals surface area contributed by atoms with Crippen molar-refractivity contribution in [3.8, 4) is 0 Å². The van der Waals surface area contributed by atoms with Crippen LogP contribution in [0, 0.1) is 12.8 Å². The summed E-state index contributed by atoms with van der Waals surface area (Å²) < 4.78 is 41.2. The molecule has 12 heteroatoms. The van der Waals surface area contributed by atoms with Crippen molar-refractivity contribution in [3.63, 3.8) is 0 Å². The van der Waals surface area contributed by atoms with Gasteiger partial charge in [-0.15, -0.1) is 0 Å². The zero-order valence-corrected chi connectivity index (χ0v) is 20.4. The third-order valence-corrected chi connectivity index (χ3v) is 7.11. The number of carbonyl (C=O) groups is 1. The Morgan fingerprint density at radius 1 is 1.27 bits per heavy atom. The summed E-state index contributed by atoms with van der Waals surface area (Å²) in [4.78, 5) is 29.5. The molecule has 1 amide bonds. The Morgan fingerprint density at radius 3 is 2.84 bits per heavy atom. The Kier molecular flexibility index (Phi) is 6.61. The van der Waals surface area contributed by atoms with E-state index >= 15 is 0 Å². The Bertz CT molecular complexity index is 1330. The van der Waals surface area contributed by atoms with Crippen LogP contribution in [0.25, 0.3) is 5.65 Å². The summed E-state index contributed by atoms with van der Waals surface area (Å²) in [5, 5.41) is 15.1. The van der Waals surface area contributed by atoms with Crippen LogP contribution in [0.4, 0.5) is 19.0 Å². The van der Waals surface area contributed by atoms with E-state index in [1.807, 2.05) is 24.1 Å². The lowest BCUT2D eigenvalue weighted by atomic mass is 9.98. The number of anilines is 1. The normalized spacial score (nSPS) is 22.6. The van der Waals surface area contributed by atoms with Gasteiger partial charge in [-0.1, -0.05) is 0 Å². The van der Waals surface area contributed by atoms with Gasteiger partial charge in [0.1, 0.15) is 11.5 Å². The van der Waals surface area contributed by atoms with Gasteiger partial charge in [0.05, 0.1) is 23.4 Å². The molecule has 196 valence electrons. The second-order valence-corrected chi connectivity index (χ2v) is 9.70. The van der Waals surface area contributed by atoms with Gasteiger partial charge in [0, 0.05) is 56.1 Å². The number of nitrogens with zero attached hydrogens (tertiary/aromatic N) is 7. The minimum atomic E-state index is -4.56. The maximum Gasteiger partial charge on any atom is 0.416 e. The van der Waals surface area contributed by atoms with Crippen molar-refractivity contribution in [1.29, 1.82) is 0 Å². The highest BCUT2D eigenvalue weighted by atomic mass is 19.4. The number of rotatable bonds is 5. The fraction of sp³-hybridized carbons (Fsp3) is 0.480. The molecule has 37 heavy (non-hydrogen) atoms. The van der Waals surface area contributed by atoms with E-state index in [0.717, 1.165) is 42.6 Å². The van der Waals surface area contributed by atoms with Crippen LogP contribution in [-0.4, -0.2) is 74.5 Å². The number of hydrogen-bond donors (Lipinski definition) is 1. The number of aliphatic hydroxyl groups is 1. The summed E-state index contributed by atoms with van der Waals surface area (Å²) in [6.45, 7) is 7.38. The minimum absolute atomic E-state index is 0.0123. The number of amides is 1. The topological polar surface area (TPSA) is 99.2 Å². The van der Waals surface area contributed by atoms with Gasteiger partial charge in [0.25, 0.3) is 5.91 Å². The monoisotopic (exact) mass is 515 g/mol. The molecule has 3 aromatic rings. The molecule has 0 aromatic carbocycles. The maximum atomic E-state index is 13.3. The number of piperidine rings is 1. The number of aliphatic imine (C=N–C) groups is 1. The molecule has 0 unspecified atom stereocenters. The van der Waals surface area contributed by atoms with Gasteiger partial charge in [-0.2, -0.15) is 18.3 Å². The summed E-state index contributed by atoms with van der Waals surface area (Å²) in [5.41, 5.74) is 0.950. The first kappa shape index (κ1) is 25.1. The number of hydrogen-bond acceptors (Lipinski definition) is 7. The lowest BCUT2D eigenvalue weighted by Crippen LogP contribution is -2.39. The Labute approximate surface area is 211 Å².